The van der Waals surface area contributed by atoms with Crippen molar-refractivity contribution in [2.45, 2.75) is 66.0 Å². The molecule has 0 spiro atoms. The van der Waals surface area contributed by atoms with Crippen molar-refractivity contribution in [3.63, 3.8) is 0 Å². The second-order valence-corrected chi connectivity index (χ2v) is 6.53. The van der Waals surface area contributed by atoms with Crippen LogP contribution in [-0.4, -0.2) is 16.2 Å². The lowest BCUT2D eigenvalue weighted by Gasteiger charge is -2.37. The van der Waals surface area contributed by atoms with E-state index in [1.165, 1.54) is 25.7 Å². The summed E-state index contributed by atoms with van der Waals surface area (Å²) in [6.45, 7) is 9.61. The van der Waals surface area contributed by atoms with E-state index < -0.39 is 0 Å². The molecule has 0 aliphatic heterocycles. The van der Waals surface area contributed by atoms with E-state index in [1.54, 1.807) is 0 Å². The molecular formula is C14H25N3O. The fraction of sp³-hybridized carbons (Fsp3) is 0.857. The summed E-state index contributed by atoms with van der Waals surface area (Å²) < 4.78 is 4.97. The molecule has 2 rings (SSSR count). The fourth-order valence-corrected chi connectivity index (χ4v) is 2.81. The van der Waals surface area contributed by atoms with Crippen molar-refractivity contribution < 1.29 is 4.52 Å². The number of aryl methyl sites for hydroxylation is 1. The van der Waals surface area contributed by atoms with Crippen molar-refractivity contribution in [3.8, 4) is 0 Å². The highest BCUT2D eigenvalue weighted by molar-refractivity contribution is 4.87. The molecule has 1 saturated carbocycles. The van der Waals surface area contributed by atoms with Crippen LogP contribution >= 0.6 is 0 Å². The lowest BCUT2D eigenvalue weighted by atomic mass is 9.71. The van der Waals surface area contributed by atoms with Gasteiger partial charge in [-0.2, -0.15) is 4.98 Å². The third-order valence-corrected chi connectivity index (χ3v) is 4.07. The van der Waals surface area contributed by atoms with Gasteiger partial charge in [-0.05, 0) is 37.0 Å². The van der Waals surface area contributed by atoms with Crippen LogP contribution in [0, 0.1) is 18.3 Å². The summed E-state index contributed by atoms with van der Waals surface area (Å²) >= 11 is 0. The molecule has 1 heterocycles. The minimum atomic E-state index is 0.454. The Labute approximate surface area is 110 Å². The van der Waals surface area contributed by atoms with E-state index in [1.807, 2.05) is 6.92 Å². The number of nitrogens with one attached hydrogen (secondary N) is 1. The first-order valence-electron chi connectivity index (χ1n) is 6.97. The van der Waals surface area contributed by atoms with Gasteiger partial charge in [-0.3, -0.25) is 0 Å². The lowest BCUT2D eigenvalue weighted by Crippen LogP contribution is -2.36. The molecule has 0 aromatic carbocycles. The van der Waals surface area contributed by atoms with Gasteiger partial charge in [0.05, 0.1) is 6.54 Å². The SMILES string of the molecule is Cc1nc(CNC2CCC(C(C)(C)C)CC2)no1. The molecule has 0 radical (unpaired) electrons. The van der Waals surface area contributed by atoms with Crippen molar-refractivity contribution in [2.75, 3.05) is 0 Å². The molecule has 18 heavy (non-hydrogen) atoms. The van der Waals surface area contributed by atoms with Gasteiger partial charge in [-0.25, -0.2) is 0 Å². The maximum Gasteiger partial charge on any atom is 0.223 e. The van der Waals surface area contributed by atoms with Crippen LogP contribution in [0.3, 0.4) is 0 Å². The summed E-state index contributed by atoms with van der Waals surface area (Å²) in [6.07, 6.45) is 5.18. The van der Waals surface area contributed by atoms with E-state index in [9.17, 15) is 0 Å². The van der Waals surface area contributed by atoms with Gasteiger partial charge in [0.15, 0.2) is 5.82 Å². The van der Waals surface area contributed by atoms with Crippen LogP contribution in [0.25, 0.3) is 0 Å². The molecule has 1 aromatic heterocycles. The maximum atomic E-state index is 4.97. The van der Waals surface area contributed by atoms with E-state index in [0.29, 0.717) is 17.3 Å². The maximum absolute atomic E-state index is 4.97. The third-order valence-electron chi connectivity index (χ3n) is 4.07. The zero-order valence-electron chi connectivity index (χ0n) is 12.0. The quantitative estimate of drug-likeness (QED) is 0.897. The topological polar surface area (TPSA) is 51.0 Å². The van der Waals surface area contributed by atoms with E-state index >= 15 is 0 Å². The van der Waals surface area contributed by atoms with E-state index in [4.69, 9.17) is 4.52 Å². The van der Waals surface area contributed by atoms with Gasteiger partial charge in [0.25, 0.3) is 0 Å². The molecule has 0 unspecified atom stereocenters. The van der Waals surface area contributed by atoms with Crippen molar-refractivity contribution in [1.82, 2.24) is 15.5 Å². The monoisotopic (exact) mass is 251 g/mol. The summed E-state index contributed by atoms with van der Waals surface area (Å²) in [4.78, 5) is 4.21. The first kappa shape index (κ1) is 13.5. The molecule has 1 N–H and O–H groups in total. The summed E-state index contributed by atoms with van der Waals surface area (Å²) in [5, 5.41) is 7.44. The summed E-state index contributed by atoms with van der Waals surface area (Å²) in [7, 11) is 0. The van der Waals surface area contributed by atoms with Gasteiger partial charge in [0, 0.05) is 13.0 Å². The predicted octanol–water partition coefficient (Wildman–Crippen LogP) is 3.07. The van der Waals surface area contributed by atoms with Crippen molar-refractivity contribution in [1.29, 1.82) is 0 Å². The molecule has 0 saturated heterocycles. The molecule has 1 aliphatic rings. The smallest absolute Gasteiger partial charge is 0.223 e. The zero-order valence-corrected chi connectivity index (χ0v) is 12.0. The number of rotatable bonds is 3. The molecule has 1 aliphatic carbocycles. The van der Waals surface area contributed by atoms with Crippen molar-refractivity contribution in [3.05, 3.63) is 11.7 Å². The van der Waals surface area contributed by atoms with Crippen molar-refractivity contribution in [2.24, 2.45) is 11.3 Å². The average Bonchev–Trinajstić information content (AvgIpc) is 2.72. The standard InChI is InChI=1S/C14H25N3O/c1-10-16-13(17-18-10)9-15-12-7-5-11(6-8-12)14(2,3)4/h11-12,15H,5-9H2,1-4H3. The normalized spacial score (nSPS) is 25.3. The van der Waals surface area contributed by atoms with Gasteiger partial charge in [-0.15, -0.1) is 0 Å². The Balaban J connectivity index is 1.74. The van der Waals surface area contributed by atoms with Crippen LogP contribution in [0.15, 0.2) is 4.52 Å². The summed E-state index contributed by atoms with van der Waals surface area (Å²) in [5.74, 6) is 2.27. The minimum Gasteiger partial charge on any atom is -0.340 e. The predicted molar refractivity (Wildman–Crippen MR) is 71.1 cm³/mol. The molecule has 1 aromatic rings. The van der Waals surface area contributed by atoms with Crippen LogP contribution in [0.5, 0.6) is 0 Å². The highest BCUT2D eigenvalue weighted by Crippen LogP contribution is 2.37. The average molecular weight is 251 g/mol. The number of hydrogen-bond acceptors (Lipinski definition) is 4. The number of aromatic nitrogens is 2. The molecule has 102 valence electrons. The van der Waals surface area contributed by atoms with E-state index in [0.717, 1.165) is 18.3 Å². The Hall–Kier alpha value is -0.900. The first-order valence-corrected chi connectivity index (χ1v) is 6.97. The minimum absolute atomic E-state index is 0.454. The Bertz CT molecular complexity index is 373. The molecular weight excluding hydrogens is 226 g/mol. The Morgan fingerprint density at radius 3 is 2.39 bits per heavy atom. The van der Waals surface area contributed by atoms with Crippen LogP contribution in [0.4, 0.5) is 0 Å². The number of hydrogen-bond donors (Lipinski definition) is 1. The Morgan fingerprint density at radius 2 is 1.89 bits per heavy atom. The molecule has 4 nitrogen and oxygen atoms in total. The second-order valence-electron chi connectivity index (χ2n) is 6.53. The molecule has 4 heteroatoms. The highest BCUT2D eigenvalue weighted by atomic mass is 16.5. The van der Waals surface area contributed by atoms with Gasteiger partial charge in [0.2, 0.25) is 5.89 Å². The van der Waals surface area contributed by atoms with Gasteiger partial charge >= 0.3 is 0 Å². The zero-order chi connectivity index (χ0) is 13.2. The second kappa shape index (κ2) is 5.39. The Morgan fingerprint density at radius 1 is 1.22 bits per heavy atom. The Kier molecular flexibility index (Phi) is 4.05. The van der Waals surface area contributed by atoms with Crippen LogP contribution in [0.1, 0.15) is 58.2 Å². The molecule has 0 amide bonds. The van der Waals surface area contributed by atoms with Gasteiger partial charge in [-0.1, -0.05) is 25.9 Å². The highest BCUT2D eigenvalue weighted by Gasteiger charge is 2.29. The van der Waals surface area contributed by atoms with Crippen LogP contribution in [0.2, 0.25) is 0 Å². The summed E-state index contributed by atoms with van der Waals surface area (Å²) in [6, 6.07) is 0.613. The van der Waals surface area contributed by atoms with Gasteiger partial charge < -0.3 is 9.84 Å². The molecule has 0 bridgehead atoms. The number of nitrogens with zero attached hydrogens (tertiary/aromatic N) is 2. The molecule has 0 atom stereocenters. The third kappa shape index (κ3) is 3.55. The fourth-order valence-electron chi connectivity index (χ4n) is 2.81. The lowest BCUT2D eigenvalue weighted by molar-refractivity contribution is 0.159. The first-order chi connectivity index (χ1) is 8.45. The van der Waals surface area contributed by atoms with E-state index in [2.05, 4.69) is 36.2 Å². The summed E-state index contributed by atoms with van der Waals surface area (Å²) in [5.41, 5.74) is 0.454. The van der Waals surface area contributed by atoms with Crippen LogP contribution < -0.4 is 5.32 Å². The van der Waals surface area contributed by atoms with Gasteiger partial charge in [0.1, 0.15) is 0 Å². The van der Waals surface area contributed by atoms with Crippen molar-refractivity contribution >= 4 is 0 Å². The van der Waals surface area contributed by atoms with E-state index in [-0.39, 0.29) is 0 Å². The largest absolute Gasteiger partial charge is 0.340 e. The van der Waals surface area contributed by atoms with Crippen LogP contribution in [-0.2, 0) is 6.54 Å². The molecule has 1 fully saturated rings.